The van der Waals surface area contributed by atoms with Gasteiger partial charge in [0.15, 0.2) is 17.5 Å². The van der Waals surface area contributed by atoms with E-state index in [2.05, 4.69) is 115 Å². The molecular formula is C43H27N3O. The first-order chi connectivity index (χ1) is 23.3. The van der Waals surface area contributed by atoms with Crippen molar-refractivity contribution in [2.24, 2.45) is 0 Å². The average Bonchev–Trinajstić information content (AvgIpc) is 3.52. The summed E-state index contributed by atoms with van der Waals surface area (Å²) in [5.74, 6) is 1.90. The molecule has 0 radical (unpaired) electrons. The molecule has 0 aliphatic rings. The van der Waals surface area contributed by atoms with Crippen LogP contribution in [0.25, 0.3) is 89.1 Å². The largest absolute Gasteiger partial charge is 0.456 e. The fourth-order valence-corrected chi connectivity index (χ4v) is 6.34. The third-order valence-electron chi connectivity index (χ3n) is 8.75. The highest BCUT2D eigenvalue weighted by molar-refractivity contribution is 6.07. The average molecular weight is 602 g/mol. The summed E-state index contributed by atoms with van der Waals surface area (Å²) >= 11 is 0. The second kappa shape index (κ2) is 11.2. The van der Waals surface area contributed by atoms with Gasteiger partial charge in [-0.1, -0.05) is 133 Å². The van der Waals surface area contributed by atoms with Crippen LogP contribution in [0, 0.1) is 0 Å². The molecule has 0 N–H and O–H groups in total. The van der Waals surface area contributed by atoms with Crippen LogP contribution in [0.4, 0.5) is 0 Å². The van der Waals surface area contributed by atoms with Crippen LogP contribution in [0.3, 0.4) is 0 Å². The number of nitrogens with zero attached hydrogens (tertiary/aromatic N) is 3. The molecule has 9 aromatic rings. The summed E-state index contributed by atoms with van der Waals surface area (Å²) in [6.07, 6.45) is 0. The lowest BCUT2D eigenvalue weighted by atomic mass is 9.99. The highest BCUT2D eigenvalue weighted by Crippen LogP contribution is 2.36. The Bertz CT molecular complexity index is 2550. The zero-order valence-corrected chi connectivity index (χ0v) is 25.3. The molecule has 47 heavy (non-hydrogen) atoms. The number of fused-ring (bicyclic) bond motifs is 4. The first kappa shape index (κ1) is 27.0. The van der Waals surface area contributed by atoms with Crippen molar-refractivity contribution < 1.29 is 4.42 Å². The van der Waals surface area contributed by atoms with E-state index in [-0.39, 0.29) is 0 Å². The van der Waals surface area contributed by atoms with Crippen LogP contribution >= 0.6 is 0 Å². The molecule has 0 atom stereocenters. The quantitative estimate of drug-likeness (QED) is 0.197. The molecule has 0 saturated heterocycles. The molecule has 2 aromatic heterocycles. The molecule has 220 valence electrons. The second-order valence-electron chi connectivity index (χ2n) is 11.7. The van der Waals surface area contributed by atoms with Gasteiger partial charge in [0.2, 0.25) is 0 Å². The van der Waals surface area contributed by atoms with Crippen molar-refractivity contribution in [1.29, 1.82) is 0 Å². The lowest BCUT2D eigenvalue weighted by Crippen LogP contribution is -2.00. The summed E-state index contributed by atoms with van der Waals surface area (Å²) in [5, 5.41) is 4.33. The predicted molar refractivity (Wildman–Crippen MR) is 192 cm³/mol. The first-order valence-electron chi connectivity index (χ1n) is 15.7. The van der Waals surface area contributed by atoms with Gasteiger partial charge >= 0.3 is 0 Å². The monoisotopic (exact) mass is 601 g/mol. The third kappa shape index (κ3) is 4.93. The maximum Gasteiger partial charge on any atom is 0.164 e. The number of hydrogen-bond donors (Lipinski definition) is 0. The Labute approximate surface area is 271 Å². The third-order valence-corrected chi connectivity index (χ3v) is 8.75. The lowest BCUT2D eigenvalue weighted by molar-refractivity contribution is 0.669. The Morgan fingerprint density at radius 3 is 1.68 bits per heavy atom. The maximum absolute atomic E-state index is 6.38. The van der Waals surface area contributed by atoms with Crippen LogP contribution in [-0.2, 0) is 0 Å². The van der Waals surface area contributed by atoms with Gasteiger partial charge in [-0.2, -0.15) is 0 Å². The topological polar surface area (TPSA) is 51.8 Å². The summed E-state index contributed by atoms with van der Waals surface area (Å²) in [5.41, 5.74) is 9.16. The van der Waals surface area contributed by atoms with E-state index in [0.717, 1.165) is 60.5 Å². The maximum atomic E-state index is 6.38. The van der Waals surface area contributed by atoms with Gasteiger partial charge in [-0.15, -0.1) is 0 Å². The van der Waals surface area contributed by atoms with E-state index >= 15 is 0 Å². The van der Waals surface area contributed by atoms with Gasteiger partial charge in [-0.05, 0) is 63.4 Å². The number of furan rings is 1. The normalized spacial score (nSPS) is 11.4. The Morgan fingerprint density at radius 1 is 0.319 bits per heavy atom. The molecule has 7 aromatic carbocycles. The molecule has 0 saturated carbocycles. The summed E-state index contributed by atoms with van der Waals surface area (Å²) in [6, 6.07) is 56.4. The minimum atomic E-state index is 0.619. The van der Waals surface area contributed by atoms with E-state index < -0.39 is 0 Å². The predicted octanol–water partition coefficient (Wildman–Crippen LogP) is 11.3. The van der Waals surface area contributed by atoms with Crippen molar-refractivity contribution in [3.63, 3.8) is 0 Å². The number of aromatic nitrogens is 3. The van der Waals surface area contributed by atoms with Crippen molar-refractivity contribution in [2.45, 2.75) is 0 Å². The Balaban J connectivity index is 1.14. The summed E-state index contributed by atoms with van der Waals surface area (Å²) < 4.78 is 6.38. The number of hydrogen-bond acceptors (Lipinski definition) is 4. The van der Waals surface area contributed by atoms with Gasteiger partial charge in [-0.25, -0.2) is 15.0 Å². The smallest absolute Gasteiger partial charge is 0.164 e. The molecule has 0 bridgehead atoms. The van der Waals surface area contributed by atoms with Gasteiger partial charge < -0.3 is 4.42 Å². The molecule has 4 nitrogen and oxygen atoms in total. The number of benzene rings is 7. The SMILES string of the molecule is c1ccc(-c2ccc(-c3ccc4c(c3)oc3ccc(-c5nc(-c6ccccc6)nc(-c6cccc7ccccc67)n5)cc34)cc2)cc1. The molecule has 0 spiro atoms. The van der Waals surface area contributed by atoms with Gasteiger partial charge in [0.25, 0.3) is 0 Å². The highest BCUT2D eigenvalue weighted by Gasteiger charge is 2.16. The van der Waals surface area contributed by atoms with Crippen molar-refractivity contribution in [3.8, 4) is 56.4 Å². The van der Waals surface area contributed by atoms with Gasteiger partial charge in [0.05, 0.1) is 0 Å². The minimum Gasteiger partial charge on any atom is -0.456 e. The van der Waals surface area contributed by atoms with Crippen molar-refractivity contribution in [1.82, 2.24) is 15.0 Å². The zero-order chi connectivity index (χ0) is 31.2. The van der Waals surface area contributed by atoms with Crippen LogP contribution in [0.1, 0.15) is 0 Å². The van der Waals surface area contributed by atoms with Crippen LogP contribution < -0.4 is 0 Å². The molecule has 2 heterocycles. The molecule has 0 aliphatic heterocycles. The molecule has 0 unspecified atom stereocenters. The molecule has 9 rings (SSSR count). The van der Waals surface area contributed by atoms with Crippen LogP contribution in [0.15, 0.2) is 168 Å². The molecule has 4 heteroatoms. The highest BCUT2D eigenvalue weighted by atomic mass is 16.3. The van der Waals surface area contributed by atoms with E-state index in [9.17, 15) is 0 Å². The fourth-order valence-electron chi connectivity index (χ4n) is 6.34. The lowest BCUT2D eigenvalue weighted by Gasteiger charge is -2.10. The summed E-state index contributed by atoms with van der Waals surface area (Å²) in [6.45, 7) is 0. The standard InChI is InChI=1S/C43H27N3O/c1-3-10-28(11-4-1)29-18-20-30(21-19-29)33-22-24-36-38-26-34(23-25-39(38)47-40(36)27-33)42-44-41(32-13-5-2-6-14-32)45-43(46-42)37-17-9-15-31-12-7-8-16-35(31)37/h1-27H. The molecule has 0 aliphatic carbocycles. The fraction of sp³-hybridized carbons (Fsp3) is 0. The number of rotatable bonds is 5. The van der Waals surface area contributed by atoms with E-state index in [1.807, 2.05) is 48.5 Å². The van der Waals surface area contributed by atoms with E-state index in [1.165, 1.54) is 11.1 Å². The minimum absolute atomic E-state index is 0.619. The van der Waals surface area contributed by atoms with E-state index in [1.54, 1.807) is 0 Å². The van der Waals surface area contributed by atoms with Crippen molar-refractivity contribution >= 4 is 32.7 Å². The Morgan fingerprint density at radius 2 is 0.894 bits per heavy atom. The first-order valence-corrected chi connectivity index (χ1v) is 15.7. The van der Waals surface area contributed by atoms with Crippen LogP contribution in [0.5, 0.6) is 0 Å². The van der Waals surface area contributed by atoms with Crippen LogP contribution in [0.2, 0.25) is 0 Å². The Kier molecular flexibility index (Phi) is 6.43. The van der Waals surface area contributed by atoms with E-state index in [4.69, 9.17) is 19.4 Å². The zero-order valence-electron chi connectivity index (χ0n) is 25.3. The summed E-state index contributed by atoms with van der Waals surface area (Å²) in [4.78, 5) is 15.0. The van der Waals surface area contributed by atoms with Crippen molar-refractivity contribution in [2.75, 3.05) is 0 Å². The van der Waals surface area contributed by atoms with Crippen molar-refractivity contribution in [3.05, 3.63) is 164 Å². The van der Waals surface area contributed by atoms with Gasteiger partial charge in [0.1, 0.15) is 11.2 Å². The van der Waals surface area contributed by atoms with Crippen LogP contribution in [-0.4, -0.2) is 15.0 Å². The van der Waals surface area contributed by atoms with E-state index in [0.29, 0.717) is 17.5 Å². The summed E-state index contributed by atoms with van der Waals surface area (Å²) in [7, 11) is 0. The second-order valence-corrected chi connectivity index (χ2v) is 11.7. The molecule has 0 amide bonds. The van der Waals surface area contributed by atoms with Gasteiger partial charge in [0, 0.05) is 27.5 Å². The molecule has 0 fully saturated rings. The van der Waals surface area contributed by atoms with Gasteiger partial charge in [-0.3, -0.25) is 0 Å². The Hall–Kier alpha value is -6.39. The molecular weight excluding hydrogens is 574 g/mol.